The Morgan fingerprint density at radius 2 is 1.50 bits per heavy atom. The molecule has 4 rings (SSSR count). The minimum Gasteiger partial charge on any atom is -0.384 e. The van der Waals surface area contributed by atoms with Crippen LogP contribution in [0.1, 0.15) is 23.6 Å². The topological polar surface area (TPSA) is 150 Å². The molecule has 3 N–H and O–H groups in total. The number of nitrogens with two attached hydrogens (primary N) is 1. The Kier molecular flexibility index (Phi) is 4.80. The number of pyridine rings is 1. The highest BCUT2D eigenvalue weighted by molar-refractivity contribution is 6.04. The van der Waals surface area contributed by atoms with Crippen molar-refractivity contribution < 1.29 is 9.85 Å². The van der Waals surface area contributed by atoms with Crippen molar-refractivity contribution in [3.8, 4) is 0 Å². The van der Waals surface area contributed by atoms with Crippen molar-refractivity contribution in [2.75, 3.05) is 11.1 Å². The number of non-ortho nitro benzene ring substituents is 2. The minimum atomic E-state index is -0.456. The lowest BCUT2D eigenvalue weighted by molar-refractivity contribution is -0.385. The number of nitro groups is 2. The van der Waals surface area contributed by atoms with Gasteiger partial charge in [0, 0.05) is 30.7 Å². The number of nitro benzene ring substituents is 2. The molecule has 0 saturated heterocycles. The molecule has 2 aromatic carbocycles. The first-order valence-corrected chi connectivity index (χ1v) is 9.00. The third-order valence-electron chi connectivity index (χ3n) is 4.78. The van der Waals surface area contributed by atoms with Crippen LogP contribution in [-0.4, -0.2) is 20.5 Å². The molecule has 150 valence electrons. The van der Waals surface area contributed by atoms with Gasteiger partial charge in [-0.1, -0.05) is 12.1 Å². The van der Waals surface area contributed by atoms with Crippen molar-refractivity contribution in [3.05, 3.63) is 92.0 Å². The van der Waals surface area contributed by atoms with E-state index >= 15 is 0 Å². The lowest BCUT2D eigenvalue weighted by atomic mass is 9.97. The van der Waals surface area contributed by atoms with E-state index in [1.165, 1.54) is 24.3 Å². The molecule has 3 aromatic rings. The number of anilines is 2. The summed E-state index contributed by atoms with van der Waals surface area (Å²) in [5.74, 6) is 0.827. The van der Waals surface area contributed by atoms with Gasteiger partial charge < -0.3 is 11.1 Å². The first kappa shape index (κ1) is 19.0. The van der Waals surface area contributed by atoms with Crippen LogP contribution in [0.15, 0.2) is 65.7 Å². The summed E-state index contributed by atoms with van der Waals surface area (Å²) in [6.07, 6.45) is 0.436. The molecule has 10 heteroatoms. The van der Waals surface area contributed by atoms with Gasteiger partial charge in [-0.3, -0.25) is 20.2 Å². The molecular weight excluding hydrogens is 388 g/mol. The Morgan fingerprint density at radius 3 is 2.10 bits per heavy atom. The van der Waals surface area contributed by atoms with Crippen molar-refractivity contribution >= 4 is 34.4 Å². The van der Waals surface area contributed by atoms with E-state index in [2.05, 4.69) is 10.3 Å². The van der Waals surface area contributed by atoms with Gasteiger partial charge in [-0.05, 0) is 35.4 Å². The number of hydrogen-bond acceptors (Lipinski definition) is 8. The third-order valence-corrected chi connectivity index (χ3v) is 4.78. The fourth-order valence-electron chi connectivity index (χ4n) is 3.25. The Hall–Kier alpha value is -4.34. The highest BCUT2D eigenvalue weighted by Gasteiger charge is 2.23. The average Bonchev–Trinajstić information content (AvgIpc) is 2.93. The lowest BCUT2D eigenvalue weighted by Gasteiger charge is -2.18. The lowest BCUT2D eigenvalue weighted by Crippen LogP contribution is -2.15. The average molecular weight is 404 g/mol. The number of fused-ring (bicyclic) bond motifs is 1. The van der Waals surface area contributed by atoms with E-state index in [1.807, 2.05) is 0 Å². The van der Waals surface area contributed by atoms with Crippen LogP contribution < -0.4 is 11.1 Å². The number of nitrogens with zero attached hydrogens (tertiary/aromatic N) is 4. The zero-order valence-electron chi connectivity index (χ0n) is 15.6. The first-order valence-electron chi connectivity index (χ1n) is 9.00. The minimum absolute atomic E-state index is 0.000555. The van der Waals surface area contributed by atoms with Gasteiger partial charge in [-0.25, -0.2) is 9.98 Å². The van der Waals surface area contributed by atoms with Crippen LogP contribution in [0.4, 0.5) is 28.7 Å². The maximum Gasteiger partial charge on any atom is 0.269 e. The summed E-state index contributed by atoms with van der Waals surface area (Å²) in [6, 6.07) is 15.5. The van der Waals surface area contributed by atoms with Crippen LogP contribution in [0.25, 0.3) is 0 Å². The van der Waals surface area contributed by atoms with Crippen molar-refractivity contribution in [1.82, 2.24) is 4.98 Å². The predicted octanol–water partition coefficient (Wildman–Crippen LogP) is 4.16. The van der Waals surface area contributed by atoms with Crippen molar-refractivity contribution in [1.29, 1.82) is 0 Å². The van der Waals surface area contributed by atoms with Gasteiger partial charge in [0.05, 0.1) is 21.6 Å². The Balaban J connectivity index is 1.75. The molecule has 0 amide bonds. The maximum absolute atomic E-state index is 11.0. The summed E-state index contributed by atoms with van der Waals surface area (Å²) in [5, 5.41) is 25.2. The van der Waals surface area contributed by atoms with Gasteiger partial charge in [0.15, 0.2) is 5.82 Å². The fourth-order valence-corrected chi connectivity index (χ4v) is 3.25. The molecule has 1 unspecified atom stereocenters. The van der Waals surface area contributed by atoms with E-state index in [-0.39, 0.29) is 17.4 Å². The monoisotopic (exact) mass is 404 g/mol. The molecule has 0 saturated carbocycles. The number of benzene rings is 2. The molecule has 2 heterocycles. The molecule has 1 aliphatic rings. The van der Waals surface area contributed by atoms with E-state index in [1.54, 1.807) is 36.4 Å². The number of hydrogen-bond donors (Lipinski definition) is 2. The third kappa shape index (κ3) is 3.78. The molecule has 0 spiro atoms. The molecule has 0 bridgehead atoms. The van der Waals surface area contributed by atoms with Gasteiger partial charge in [0.2, 0.25) is 0 Å². The summed E-state index contributed by atoms with van der Waals surface area (Å²) in [4.78, 5) is 30.0. The molecule has 10 nitrogen and oxygen atoms in total. The normalized spacial score (nSPS) is 15.3. The number of aromatic nitrogens is 1. The standard InChI is InChI=1S/C20H16N6O4/c21-19-10-9-16-20(24-19)23-18(13-3-7-15(8-4-13)26(29)30)11-17(22-16)12-1-5-14(6-2-12)25(27)28/h1-10,18H,11H2,(H3,21,23,24). The number of nitrogen functional groups attached to an aromatic ring is 1. The van der Waals surface area contributed by atoms with Crippen LogP contribution in [0.2, 0.25) is 0 Å². The van der Waals surface area contributed by atoms with Gasteiger partial charge in [0.25, 0.3) is 11.4 Å². The SMILES string of the molecule is Nc1ccc2c(n1)NC(c1ccc([N+](=O)[O-])cc1)CC(c1ccc([N+](=O)[O-])cc1)=N2. The van der Waals surface area contributed by atoms with E-state index < -0.39 is 9.85 Å². The summed E-state index contributed by atoms with van der Waals surface area (Å²) in [7, 11) is 0. The highest BCUT2D eigenvalue weighted by Crippen LogP contribution is 2.35. The zero-order chi connectivity index (χ0) is 21.3. The van der Waals surface area contributed by atoms with E-state index in [0.29, 0.717) is 29.5 Å². The molecule has 30 heavy (non-hydrogen) atoms. The second-order valence-electron chi connectivity index (χ2n) is 6.72. The molecule has 1 aliphatic heterocycles. The summed E-state index contributed by atoms with van der Waals surface area (Å²) in [5.41, 5.74) is 8.65. The fraction of sp³-hybridized carbons (Fsp3) is 0.100. The largest absolute Gasteiger partial charge is 0.384 e. The summed E-state index contributed by atoms with van der Waals surface area (Å²) in [6.45, 7) is 0. The quantitative estimate of drug-likeness (QED) is 0.489. The van der Waals surface area contributed by atoms with Crippen LogP contribution in [0.3, 0.4) is 0 Å². The van der Waals surface area contributed by atoms with E-state index in [9.17, 15) is 20.2 Å². The molecule has 1 aromatic heterocycles. The van der Waals surface area contributed by atoms with E-state index in [0.717, 1.165) is 11.1 Å². The molecule has 1 atom stereocenters. The van der Waals surface area contributed by atoms with Gasteiger partial charge in [-0.2, -0.15) is 0 Å². The maximum atomic E-state index is 11.0. The van der Waals surface area contributed by atoms with Crippen molar-refractivity contribution in [2.24, 2.45) is 4.99 Å². The van der Waals surface area contributed by atoms with Crippen LogP contribution in [0.5, 0.6) is 0 Å². The van der Waals surface area contributed by atoms with Crippen LogP contribution in [-0.2, 0) is 0 Å². The molecule has 0 aliphatic carbocycles. The van der Waals surface area contributed by atoms with Crippen molar-refractivity contribution in [3.63, 3.8) is 0 Å². The Labute approximate surface area is 170 Å². The highest BCUT2D eigenvalue weighted by atomic mass is 16.6. The summed E-state index contributed by atoms with van der Waals surface area (Å²) >= 11 is 0. The zero-order valence-corrected chi connectivity index (χ0v) is 15.6. The summed E-state index contributed by atoms with van der Waals surface area (Å²) < 4.78 is 0. The van der Waals surface area contributed by atoms with Gasteiger partial charge >= 0.3 is 0 Å². The number of aliphatic imine (C=N–C) groups is 1. The first-order chi connectivity index (χ1) is 14.4. The van der Waals surface area contributed by atoms with Crippen molar-refractivity contribution in [2.45, 2.75) is 12.5 Å². The number of nitrogens with one attached hydrogen (secondary N) is 1. The smallest absolute Gasteiger partial charge is 0.269 e. The Bertz CT molecular complexity index is 1160. The second kappa shape index (κ2) is 7.59. The molecule has 0 radical (unpaired) electrons. The number of rotatable bonds is 4. The van der Waals surface area contributed by atoms with Crippen LogP contribution in [0, 0.1) is 20.2 Å². The van der Waals surface area contributed by atoms with Gasteiger partial charge in [-0.15, -0.1) is 0 Å². The van der Waals surface area contributed by atoms with Crippen LogP contribution >= 0.6 is 0 Å². The van der Waals surface area contributed by atoms with Gasteiger partial charge in [0.1, 0.15) is 11.5 Å². The molecular formula is C20H16N6O4. The molecule has 0 fully saturated rings. The van der Waals surface area contributed by atoms with E-state index in [4.69, 9.17) is 10.7 Å². The predicted molar refractivity (Wildman–Crippen MR) is 112 cm³/mol. The second-order valence-corrected chi connectivity index (χ2v) is 6.72. The Morgan fingerprint density at radius 1 is 0.900 bits per heavy atom.